The van der Waals surface area contributed by atoms with Crippen molar-refractivity contribution in [1.29, 1.82) is 0 Å². The number of guanidine groups is 1. The maximum atomic E-state index is 4.34. The normalized spacial score (nSPS) is 24.4. The third kappa shape index (κ3) is 4.65. The average Bonchev–Trinajstić information content (AvgIpc) is 3.22. The minimum atomic E-state index is 0.755. The van der Waals surface area contributed by atoms with Crippen LogP contribution in [0, 0.1) is 11.8 Å². The van der Waals surface area contributed by atoms with Crippen LogP contribution in [-0.4, -0.2) is 50.1 Å². The van der Waals surface area contributed by atoms with E-state index in [1.165, 1.54) is 45.2 Å². The lowest BCUT2D eigenvalue weighted by atomic mass is 10.0. The van der Waals surface area contributed by atoms with E-state index in [2.05, 4.69) is 34.4 Å². The second-order valence-electron chi connectivity index (χ2n) is 6.40. The number of aliphatic imine (C=N–C) groups is 1. The molecule has 116 valence electrons. The summed E-state index contributed by atoms with van der Waals surface area (Å²) in [6.07, 6.45) is 6.67. The zero-order valence-corrected chi connectivity index (χ0v) is 13.5. The van der Waals surface area contributed by atoms with Crippen LogP contribution in [0.1, 0.15) is 46.0 Å². The lowest BCUT2D eigenvalue weighted by molar-refractivity contribution is 0.314. The van der Waals surface area contributed by atoms with Crippen molar-refractivity contribution in [1.82, 2.24) is 15.5 Å². The van der Waals surface area contributed by atoms with E-state index < -0.39 is 0 Å². The molecular formula is C16H32N4. The molecule has 4 nitrogen and oxygen atoms in total. The zero-order chi connectivity index (χ0) is 14.4. The molecule has 4 heteroatoms. The largest absolute Gasteiger partial charge is 0.356 e. The van der Waals surface area contributed by atoms with Crippen LogP contribution in [0.2, 0.25) is 0 Å². The van der Waals surface area contributed by atoms with E-state index >= 15 is 0 Å². The molecule has 2 rings (SSSR count). The summed E-state index contributed by atoms with van der Waals surface area (Å²) in [6, 6.07) is 0.923. The Kier molecular flexibility index (Phi) is 6.14. The van der Waals surface area contributed by atoms with Crippen LogP contribution >= 0.6 is 0 Å². The summed E-state index contributed by atoms with van der Waals surface area (Å²) >= 11 is 0. The van der Waals surface area contributed by atoms with Crippen LogP contribution in [0.4, 0.5) is 0 Å². The first-order chi connectivity index (χ1) is 9.76. The van der Waals surface area contributed by atoms with Gasteiger partial charge in [-0.2, -0.15) is 0 Å². The fraction of sp³-hybridized carbons (Fsp3) is 0.938. The minimum absolute atomic E-state index is 0.755. The Morgan fingerprint density at radius 1 is 1.20 bits per heavy atom. The molecule has 2 N–H and O–H groups in total. The highest BCUT2D eigenvalue weighted by atomic mass is 15.2. The van der Waals surface area contributed by atoms with Crippen molar-refractivity contribution in [3.8, 4) is 0 Å². The van der Waals surface area contributed by atoms with Gasteiger partial charge in [-0.1, -0.05) is 26.7 Å². The van der Waals surface area contributed by atoms with Gasteiger partial charge in [0.05, 0.1) is 0 Å². The molecule has 0 bridgehead atoms. The van der Waals surface area contributed by atoms with E-state index in [-0.39, 0.29) is 0 Å². The molecule has 0 aromatic heterocycles. The highest BCUT2D eigenvalue weighted by molar-refractivity contribution is 5.79. The molecule has 2 fully saturated rings. The van der Waals surface area contributed by atoms with E-state index in [0.29, 0.717) is 0 Å². The van der Waals surface area contributed by atoms with Gasteiger partial charge in [0.25, 0.3) is 0 Å². The molecule has 1 aliphatic carbocycles. The molecular weight excluding hydrogens is 248 g/mol. The van der Waals surface area contributed by atoms with Crippen LogP contribution in [0.3, 0.4) is 0 Å². The Hall–Kier alpha value is -0.770. The number of likely N-dealkylation sites (tertiary alicyclic amines) is 1. The molecule has 0 radical (unpaired) electrons. The Labute approximate surface area is 124 Å². The molecule has 20 heavy (non-hydrogen) atoms. The van der Waals surface area contributed by atoms with E-state index in [1.807, 2.05) is 7.05 Å². The maximum Gasteiger partial charge on any atom is 0.190 e. The lowest BCUT2D eigenvalue weighted by Crippen LogP contribution is -2.42. The molecule has 0 spiro atoms. The van der Waals surface area contributed by atoms with Crippen molar-refractivity contribution in [2.45, 2.75) is 52.0 Å². The summed E-state index contributed by atoms with van der Waals surface area (Å²) in [7, 11) is 1.87. The fourth-order valence-electron chi connectivity index (χ4n) is 3.08. The summed E-state index contributed by atoms with van der Waals surface area (Å²) in [6.45, 7) is 9.20. The van der Waals surface area contributed by atoms with Gasteiger partial charge in [0.15, 0.2) is 5.96 Å². The fourth-order valence-corrected chi connectivity index (χ4v) is 3.08. The van der Waals surface area contributed by atoms with Gasteiger partial charge < -0.3 is 15.5 Å². The first-order valence-electron chi connectivity index (χ1n) is 8.45. The molecule has 1 heterocycles. The summed E-state index contributed by atoms with van der Waals surface area (Å²) in [4.78, 5) is 7.01. The zero-order valence-electron chi connectivity index (χ0n) is 13.5. The van der Waals surface area contributed by atoms with E-state index in [1.54, 1.807) is 0 Å². The molecule has 0 aromatic carbocycles. The second kappa shape index (κ2) is 7.87. The van der Waals surface area contributed by atoms with Crippen LogP contribution in [0.5, 0.6) is 0 Å². The molecule has 1 atom stereocenters. The van der Waals surface area contributed by atoms with Crippen LogP contribution in [0.25, 0.3) is 0 Å². The highest BCUT2D eigenvalue weighted by Gasteiger charge is 2.34. The van der Waals surface area contributed by atoms with Gasteiger partial charge in [0.2, 0.25) is 0 Å². The number of hydrogen-bond acceptors (Lipinski definition) is 2. The predicted octanol–water partition coefficient (Wildman–Crippen LogP) is 2.07. The number of nitrogens with zero attached hydrogens (tertiary/aromatic N) is 2. The Morgan fingerprint density at radius 2 is 1.95 bits per heavy atom. The van der Waals surface area contributed by atoms with Crippen molar-refractivity contribution in [3.63, 3.8) is 0 Å². The predicted molar refractivity (Wildman–Crippen MR) is 86.1 cm³/mol. The van der Waals surface area contributed by atoms with Gasteiger partial charge in [0.1, 0.15) is 0 Å². The number of hydrogen-bond donors (Lipinski definition) is 2. The minimum Gasteiger partial charge on any atom is -0.356 e. The van der Waals surface area contributed by atoms with Gasteiger partial charge in [0, 0.05) is 32.7 Å². The van der Waals surface area contributed by atoms with E-state index in [0.717, 1.165) is 36.9 Å². The quantitative estimate of drug-likeness (QED) is 0.554. The van der Waals surface area contributed by atoms with Crippen LogP contribution in [0.15, 0.2) is 4.99 Å². The molecule has 1 unspecified atom stereocenters. The molecule has 0 aromatic rings. The van der Waals surface area contributed by atoms with Crippen LogP contribution < -0.4 is 10.6 Å². The first-order valence-corrected chi connectivity index (χ1v) is 8.45. The van der Waals surface area contributed by atoms with Crippen LogP contribution in [-0.2, 0) is 0 Å². The van der Waals surface area contributed by atoms with Gasteiger partial charge in [-0.15, -0.1) is 0 Å². The SMILES string of the molecule is CCC(CC)CNC(=NC)NCC1CCN(C2CC2)C1. The molecule has 1 saturated heterocycles. The first kappa shape index (κ1) is 15.6. The number of nitrogens with one attached hydrogen (secondary N) is 2. The molecule has 1 aliphatic heterocycles. The third-order valence-corrected chi connectivity index (χ3v) is 4.88. The van der Waals surface area contributed by atoms with Gasteiger partial charge in [-0.3, -0.25) is 4.99 Å². The van der Waals surface area contributed by atoms with Crippen molar-refractivity contribution in [2.75, 3.05) is 33.2 Å². The molecule has 1 saturated carbocycles. The van der Waals surface area contributed by atoms with Gasteiger partial charge in [-0.25, -0.2) is 0 Å². The second-order valence-corrected chi connectivity index (χ2v) is 6.40. The lowest BCUT2D eigenvalue weighted by Gasteiger charge is -2.19. The summed E-state index contributed by atoms with van der Waals surface area (Å²) < 4.78 is 0. The van der Waals surface area contributed by atoms with Crippen molar-refractivity contribution in [3.05, 3.63) is 0 Å². The summed E-state index contributed by atoms with van der Waals surface area (Å²) in [5.41, 5.74) is 0. The smallest absolute Gasteiger partial charge is 0.190 e. The number of rotatable bonds is 7. The van der Waals surface area contributed by atoms with E-state index in [9.17, 15) is 0 Å². The molecule has 0 amide bonds. The Bertz CT molecular complexity index is 308. The monoisotopic (exact) mass is 280 g/mol. The standard InChI is InChI=1S/C16H32N4/c1-4-13(5-2)10-18-16(17-3)19-11-14-8-9-20(12-14)15-6-7-15/h13-15H,4-12H2,1-3H3,(H2,17,18,19). The van der Waals surface area contributed by atoms with Gasteiger partial charge in [-0.05, 0) is 37.6 Å². The van der Waals surface area contributed by atoms with Crippen molar-refractivity contribution in [2.24, 2.45) is 16.8 Å². The maximum absolute atomic E-state index is 4.34. The molecule has 2 aliphatic rings. The average molecular weight is 280 g/mol. The van der Waals surface area contributed by atoms with E-state index in [4.69, 9.17) is 0 Å². The van der Waals surface area contributed by atoms with Crippen molar-refractivity contribution < 1.29 is 0 Å². The third-order valence-electron chi connectivity index (χ3n) is 4.88. The van der Waals surface area contributed by atoms with Gasteiger partial charge >= 0.3 is 0 Å². The topological polar surface area (TPSA) is 39.7 Å². The van der Waals surface area contributed by atoms with Crippen molar-refractivity contribution >= 4 is 5.96 Å². The summed E-state index contributed by atoms with van der Waals surface area (Å²) in [5.74, 6) is 2.52. The Morgan fingerprint density at radius 3 is 2.55 bits per heavy atom. The highest BCUT2D eigenvalue weighted by Crippen LogP contribution is 2.31. The summed E-state index contributed by atoms with van der Waals surface area (Å²) in [5, 5.41) is 6.97. The Balaban J connectivity index is 1.63.